The molecular weight excluding hydrogens is 419 g/mol. The summed E-state index contributed by atoms with van der Waals surface area (Å²) in [6, 6.07) is 9.65. The molecule has 0 saturated carbocycles. The smallest absolute Gasteiger partial charge is 0.265 e. The van der Waals surface area contributed by atoms with Crippen LogP contribution in [0.3, 0.4) is 0 Å². The second kappa shape index (κ2) is 9.11. The van der Waals surface area contributed by atoms with E-state index in [-0.39, 0.29) is 15.7 Å². The summed E-state index contributed by atoms with van der Waals surface area (Å²) < 4.78 is 45.4. The van der Waals surface area contributed by atoms with Crippen LogP contribution in [-0.2, 0) is 14.8 Å². The molecule has 1 heterocycles. The second-order valence-electron chi connectivity index (χ2n) is 6.81. The number of sulfonamides is 1. The number of anilines is 1. The number of hydrogen-bond acceptors (Lipinski definition) is 4. The van der Waals surface area contributed by atoms with Gasteiger partial charge in [-0.2, -0.15) is 4.31 Å². The Morgan fingerprint density at radius 3 is 2.41 bits per heavy atom. The summed E-state index contributed by atoms with van der Waals surface area (Å²) in [6.45, 7) is 2.59. The van der Waals surface area contributed by atoms with Crippen LogP contribution in [0.15, 0.2) is 47.4 Å². The van der Waals surface area contributed by atoms with Gasteiger partial charge in [0.1, 0.15) is 11.6 Å². The molecule has 1 amide bonds. The summed E-state index contributed by atoms with van der Waals surface area (Å²) in [4.78, 5) is 12.5. The van der Waals surface area contributed by atoms with E-state index < -0.39 is 27.9 Å². The van der Waals surface area contributed by atoms with Crippen LogP contribution >= 0.6 is 11.6 Å². The number of nitrogens with one attached hydrogen (secondary N) is 1. The van der Waals surface area contributed by atoms with Crippen LogP contribution in [0.5, 0.6) is 5.75 Å². The van der Waals surface area contributed by atoms with E-state index >= 15 is 0 Å². The number of nitrogens with zero attached hydrogens (tertiary/aromatic N) is 1. The minimum Gasteiger partial charge on any atom is -0.479 e. The van der Waals surface area contributed by atoms with Gasteiger partial charge in [-0.3, -0.25) is 4.79 Å². The number of carbonyl (C=O) groups is 1. The van der Waals surface area contributed by atoms with E-state index in [0.717, 1.165) is 25.3 Å². The minimum atomic E-state index is -3.52. The number of benzene rings is 2. The normalized spacial score (nSPS) is 16.2. The molecule has 0 spiro atoms. The maximum atomic E-state index is 13.1. The maximum absolute atomic E-state index is 13.1. The van der Waals surface area contributed by atoms with Crippen molar-refractivity contribution in [3.05, 3.63) is 53.3 Å². The van der Waals surface area contributed by atoms with Crippen molar-refractivity contribution in [2.45, 2.75) is 37.2 Å². The number of halogens is 2. The van der Waals surface area contributed by atoms with Crippen molar-refractivity contribution < 1.29 is 22.3 Å². The maximum Gasteiger partial charge on any atom is 0.265 e. The van der Waals surface area contributed by atoms with Gasteiger partial charge < -0.3 is 10.1 Å². The van der Waals surface area contributed by atoms with Gasteiger partial charge in [-0.15, -0.1) is 0 Å². The van der Waals surface area contributed by atoms with Crippen molar-refractivity contribution in [3.63, 3.8) is 0 Å². The van der Waals surface area contributed by atoms with Crippen molar-refractivity contribution in [2.75, 3.05) is 18.4 Å². The molecule has 2 aromatic rings. The van der Waals surface area contributed by atoms with Gasteiger partial charge in [0.15, 0.2) is 6.10 Å². The van der Waals surface area contributed by atoms with Crippen molar-refractivity contribution in [2.24, 2.45) is 0 Å². The lowest BCUT2D eigenvalue weighted by Gasteiger charge is -2.25. The SMILES string of the molecule is CC(Oc1ccc(F)cc1Cl)C(=O)Nc1ccc(S(=O)(=O)N2CCCCC2)cc1. The number of piperidine rings is 1. The predicted octanol–water partition coefficient (Wildman–Crippen LogP) is 4.06. The first-order valence-electron chi connectivity index (χ1n) is 9.30. The fourth-order valence-electron chi connectivity index (χ4n) is 3.02. The number of ether oxygens (including phenoxy) is 1. The second-order valence-corrected chi connectivity index (χ2v) is 9.16. The first kappa shape index (κ1) is 21.5. The van der Waals surface area contributed by atoms with Crippen LogP contribution in [-0.4, -0.2) is 37.8 Å². The van der Waals surface area contributed by atoms with Crippen LogP contribution in [0.1, 0.15) is 26.2 Å². The quantitative estimate of drug-likeness (QED) is 0.735. The lowest BCUT2D eigenvalue weighted by molar-refractivity contribution is -0.122. The molecule has 6 nitrogen and oxygen atoms in total. The van der Waals surface area contributed by atoms with Gasteiger partial charge >= 0.3 is 0 Å². The molecule has 0 aliphatic carbocycles. The van der Waals surface area contributed by atoms with E-state index in [9.17, 15) is 17.6 Å². The van der Waals surface area contributed by atoms with Gasteiger partial charge in [-0.05, 0) is 62.2 Å². The Balaban J connectivity index is 1.63. The van der Waals surface area contributed by atoms with Crippen molar-refractivity contribution >= 4 is 33.2 Å². The molecule has 0 bridgehead atoms. The molecule has 0 aromatic heterocycles. The van der Waals surface area contributed by atoms with E-state index in [1.165, 1.54) is 47.6 Å². The molecule has 1 aliphatic rings. The minimum absolute atomic E-state index is 0.0666. The highest BCUT2D eigenvalue weighted by Crippen LogP contribution is 2.26. The number of rotatable bonds is 6. The number of hydrogen-bond donors (Lipinski definition) is 1. The van der Waals surface area contributed by atoms with Gasteiger partial charge in [0.25, 0.3) is 5.91 Å². The molecular formula is C20H22ClFN2O4S. The Kier molecular flexibility index (Phi) is 6.77. The molecule has 2 aromatic carbocycles. The summed E-state index contributed by atoms with van der Waals surface area (Å²) in [5.41, 5.74) is 0.438. The van der Waals surface area contributed by atoms with Crippen LogP contribution < -0.4 is 10.1 Å². The fraction of sp³-hybridized carbons (Fsp3) is 0.350. The molecule has 9 heteroatoms. The lowest BCUT2D eigenvalue weighted by atomic mass is 10.2. The summed E-state index contributed by atoms with van der Waals surface area (Å²) in [5, 5.41) is 2.73. The third-order valence-corrected chi connectivity index (χ3v) is 6.85. The molecule has 1 atom stereocenters. The summed E-state index contributed by atoms with van der Waals surface area (Å²) in [5.74, 6) is -0.755. The average Bonchev–Trinajstić information content (AvgIpc) is 2.71. The topological polar surface area (TPSA) is 75.7 Å². The molecule has 1 unspecified atom stereocenters. The monoisotopic (exact) mass is 440 g/mol. The zero-order valence-electron chi connectivity index (χ0n) is 15.9. The van der Waals surface area contributed by atoms with Crippen LogP contribution in [0.2, 0.25) is 5.02 Å². The molecule has 3 rings (SSSR count). The average molecular weight is 441 g/mol. The highest BCUT2D eigenvalue weighted by Gasteiger charge is 2.26. The molecule has 29 heavy (non-hydrogen) atoms. The number of carbonyl (C=O) groups excluding carboxylic acids is 1. The Morgan fingerprint density at radius 2 is 1.79 bits per heavy atom. The summed E-state index contributed by atoms with van der Waals surface area (Å²) in [6.07, 6.45) is 1.88. The highest BCUT2D eigenvalue weighted by atomic mass is 35.5. The third kappa shape index (κ3) is 5.26. The molecule has 0 radical (unpaired) electrons. The highest BCUT2D eigenvalue weighted by molar-refractivity contribution is 7.89. The van der Waals surface area contributed by atoms with Gasteiger partial charge in [0, 0.05) is 18.8 Å². The van der Waals surface area contributed by atoms with E-state index in [1.807, 2.05) is 0 Å². The van der Waals surface area contributed by atoms with Gasteiger partial charge in [-0.25, -0.2) is 12.8 Å². The fourth-order valence-corrected chi connectivity index (χ4v) is 4.75. The predicted molar refractivity (Wildman–Crippen MR) is 109 cm³/mol. The van der Waals surface area contributed by atoms with Gasteiger partial charge in [0.2, 0.25) is 10.0 Å². The van der Waals surface area contributed by atoms with Crippen molar-refractivity contribution in [1.82, 2.24) is 4.31 Å². The number of amides is 1. The standard InChI is InChI=1S/C20H22ClFN2O4S/c1-14(28-19-10-5-15(22)13-18(19)21)20(25)23-16-6-8-17(9-7-16)29(26,27)24-11-3-2-4-12-24/h5-10,13-14H,2-4,11-12H2,1H3,(H,23,25). The molecule has 1 fully saturated rings. The molecule has 1 saturated heterocycles. The Morgan fingerprint density at radius 1 is 1.14 bits per heavy atom. The zero-order valence-corrected chi connectivity index (χ0v) is 17.5. The van der Waals surface area contributed by atoms with Crippen LogP contribution in [0, 0.1) is 5.82 Å². The first-order valence-corrected chi connectivity index (χ1v) is 11.1. The molecule has 1 aliphatic heterocycles. The Hall–Kier alpha value is -2.16. The van der Waals surface area contributed by atoms with Crippen molar-refractivity contribution in [3.8, 4) is 5.75 Å². The molecule has 156 valence electrons. The van der Waals surface area contributed by atoms with Crippen LogP contribution in [0.4, 0.5) is 10.1 Å². The van der Waals surface area contributed by atoms with Crippen molar-refractivity contribution in [1.29, 1.82) is 0 Å². The summed E-state index contributed by atoms with van der Waals surface area (Å²) >= 11 is 5.91. The van der Waals surface area contributed by atoms with Gasteiger partial charge in [0.05, 0.1) is 9.92 Å². The van der Waals surface area contributed by atoms with E-state index in [0.29, 0.717) is 18.8 Å². The Bertz CT molecular complexity index is 976. The Labute approximate surface area is 174 Å². The van der Waals surface area contributed by atoms with Gasteiger partial charge in [-0.1, -0.05) is 18.0 Å². The molecule has 1 N–H and O–H groups in total. The van der Waals surface area contributed by atoms with Crippen LogP contribution in [0.25, 0.3) is 0 Å². The third-order valence-electron chi connectivity index (χ3n) is 4.64. The lowest BCUT2D eigenvalue weighted by Crippen LogP contribution is -2.35. The largest absolute Gasteiger partial charge is 0.479 e. The van der Waals surface area contributed by atoms with E-state index in [1.54, 1.807) is 0 Å². The van der Waals surface area contributed by atoms with E-state index in [2.05, 4.69) is 5.32 Å². The first-order chi connectivity index (χ1) is 13.8. The van der Waals surface area contributed by atoms with E-state index in [4.69, 9.17) is 16.3 Å². The summed E-state index contributed by atoms with van der Waals surface area (Å²) in [7, 11) is -3.52. The zero-order chi connectivity index (χ0) is 21.0.